The Morgan fingerprint density at radius 2 is 1.86 bits per heavy atom. The van der Waals surface area contributed by atoms with Crippen LogP contribution in [-0.4, -0.2) is 43.8 Å². The summed E-state index contributed by atoms with van der Waals surface area (Å²) < 4.78 is 41.5. The van der Waals surface area contributed by atoms with E-state index < -0.39 is 21.3 Å². The van der Waals surface area contributed by atoms with Crippen LogP contribution in [-0.2, 0) is 20.2 Å². The smallest absolute Gasteiger partial charge is 0.243 e. The predicted octanol–water partition coefficient (Wildman–Crippen LogP) is 3.06. The predicted molar refractivity (Wildman–Crippen MR) is 110 cm³/mol. The number of sulfonamides is 1. The Labute approximate surface area is 175 Å². The Morgan fingerprint density at radius 1 is 1.17 bits per heavy atom. The van der Waals surface area contributed by atoms with Gasteiger partial charge in [-0.05, 0) is 34.1 Å². The fourth-order valence-corrected chi connectivity index (χ4v) is 6.16. The topological polar surface area (TPSA) is 70.6 Å². The highest BCUT2D eigenvalue weighted by Gasteiger charge is 2.60. The summed E-state index contributed by atoms with van der Waals surface area (Å²) >= 11 is 3.20. The molecular weight excluding hydrogens is 461 g/mol. The van der Waals surface area contributed by atoms with Crippen molar-refractivity contribution in [1.29, 1.82) is 0 Å². The normalized spacial score (nSPS) is 18.3. The molecule has 1 aromatic heterocycles. The molecule has 3 aromatic rings. The van der Waals surface area contributed by atoms with Crippen molar-refractivity contribution in [2.24, 2.45) is 0 Å². The highest BCUT2D eigenvalue weighted by atomic mass is 79.9. The fraction of sp³-hybridized carbons (Fsp3) is 0.200. The number of pyridine rings is 1. The largest absolute Gasteiger partial charge is 0.313 e. The zero-order valence-electron chi connectivity index (χ0n) is 15.3. The minimum atomic E-state index is -3.70. The molecule has 0 radical (unpaired) electrons. The van der Waals surface area contributed by atoms with Crippen molar-refractivity contribution in [2.75, 3.05) is 25.0 Å². The molecule has 2 aliphatic rings. The number of halogens is 2. The Kier molecular flexibility index (Phi) is 3.90. The van der Waals surface area contributed by atoms with Crippen LogP contribution >= 0.6 is 15.9 Å². The summed E-state index contributed by atoms with van der Waals surface area (Å²) in [4.78, 5) is 19.2. The number of amides is 1. The number of hydrogen-bond donors (Lipinski definition) is 0. The average Bonchev–Trinajstić information content (AvgIpc) is 2.90. The molecule has 0 atom stereocenters. The zero-order chi connectivity index (χ0) is 20.6. The first-order valence-electron chi connectivity index (χ1n) is 8.87. The van der Waals surface area contributed by atoms with Gasteiger partial charge in [-0.2, -0.15) is 4.31 Å². The average molecular weight is 476 g/mol. The Hall–Kier alpha value is -2.36. The van der Waals surface area contributed by atoms with Gasteiger partial charge in [0.15, 0.2) is 0 Å². The molecule has 2 aliphatic heterocycles. The number of nitrogens with zero attached hydrogens (tertiary/aromatic N) is 3. The van der Waals surface area contributed by atoms with Crippen molar-refractivity contribution in [3.8, 4) is 0 Å². The molecule has 9 heteroatoms. The lowest BCUT2D eigenvalue weighted by Gasteiger charge is -2.45. The first-order valence-corrected chi connectivity index (χ1v) is 11.1. The summed E-state index contributed by atoms with van der Waals surface area (Å²) in [7, 11) is -2.05. The fourth-order valence-electron chi connectivity index (χ4n) is 4.23. The number of benzene rings is 2. The van der Waals surface area contributed by atoms with Crippen LogP contribution in [0, 0.1) is 5.82 Å². The number of carbonyl (C=O) groups is 1. The van der Waals surface area contributed by atoms with Gasteiger partial charge in [-0.1, -0.05) is 18.2 Å². The second kappa shape index (κ2) is 6.07. The van der Waals surface area contributed by atoms with E-state index in [2.05, 4.69) is 20.9 Å². The maximum Gasteiger partial charge on any atom is 0.243 e. The van der Waals surface area contributed by atoms with Gasteiger partial charge in [0.05, 0.1) is 26.8 Å². The van der Waals surface area contributed by atoms with Gasteiger partial charge >= 0.3 is 0 Å². The molecule has 6 nitrogen and oxygen atoms in total. The van der Waals surface area contributed by atoms with Crippen molar-refractivity contribution in [3.63, 3.8) is 0 Å². The van der Waals surface area contributed by atoms with E-state index in [0.29, 0.717) is 22.2 Å². The molecule has 0 unspecified atom stereocenters. The van der Waals surface area contributed by atoms with Gasteiger partial charge in [0.2, 0.25) is 15.9 Å². The van der Waals surface area contributed by atoms with Crippen LogP contribution in [0.1, 0.15) is 5.56 Å². The summed E-state index contributed by atoms with van der Waals surface area (Å²) in [5.74, 6) is -0.625. The summed E-state index contributed by atoms with van der Waals surface area (Å²) in [6, 6.07) is 11.1. The van der Waals surface area contributed by atoms with Crippen LogP contribution in [0.15, 0.2) is 58.0 Å². The molecule has 0 bridgehead atoms. The molecule has 1 amide bonds. The summed E-state index contributed by atoms with van der Waals surface area (Å²) in [6.07, 6.45) is 1.55. The van der Waals surface area contributed by atoms with Gasteiger partial charge < -0.3 is 4.90 Å². The molecule has 29 heavy (non-hydrogen) atoms. The number of anilines is 1. The molecule has 1 fully saturated rings. The first kappa shape index (κ1) is 18.7. The Balaban J connectivity index is 1.63. The number of hydrogen-bond acceptors (Lipinski definition) is 4. The van der Waals surface area contributed by atoms with E-state index in [1.165, 1.54) is 27.4 Å². The molecule has 5 rings (SSSR count). The number of fused-ring (bicyclic) bond motifs is 4. The van der Waals surface area contributed by atoms with Gasteiger partial charge in [-0.15, -0.1) is 0 Å². The van der Waals surface area contributed by atoms with Crippen molar-refractivity contribution >= 4 is 48.5 Å². The van der Waals surface area contributed by atoms with E-state index in [9.17, 15) is 17.6 Å². The van der Waals surface area contributed by atoms with Crippen LogP contribution in [0.25, 0.3) is 10.9 Å². The second-order valence-corrected chi connectivity index (χ2v) is 10.1. The number of aromatic nitrogens is 1. The van der Waals surface area contributed by atoms with E-state index >= 15 is 0 Å². The van der Waals surface area contributed by atoms with Crippen LogP contribution in [0.5, 0.6) is 0 Å². The van der Waals surface area contributed by atoms with Crippen molar-refractivity contribution in [3.05, 3.63) is 64.5 Å². The minimum Gasteiger partial charge on any atom is -0.313 e. The first-order chi connectivity index (χ1) is 13.8. The number of carbonyl (C=O) groups excluding carboxylic acids is 1. The SMILES string of the molecule is CN1C(=O)C2(CN(S(=O)(=O)c3ccccc3)C2)c2c1cnc1cc(F)c(Br)cc21. The standard InChI is InChI=1S/C20H15BrFN3O3S/c1-24-17-9-23-16-8-15(22)14(21)7-13(16)18(17)20(19(24)26)10-25(11-20)29(27,28)12-5-3-2-4-6-12/h2-9H,10-11H2,1H3. The van der Waals surface area contributed by atoms with Crippen molar-refractivity contribution < 1.29 is 17.6 Å². The van der Waals surface area contributed by atoms with Crippen molar-refractivity contribution in [1.82, 2.24) is 9.29 Å². The van der Waals surface area contributed by atoms with E-state index in [0.717, 1.165) is 0 Å². The van der Waals surface area contributed by atoms with E-state index in [1.807, 2.05) is 0 Å². The molecule has 1 saturated heterocycles. The molecule has 1 spiro atoms. The summed E-state index contributed by atoms with van der Waals surface area (Å²) in [5, 5.41) is 0.644. The van der Waals surface area contributed by atoms with E-state index in [4.69, 9.17) is 0 Å². The number of likely N-dealkylation sites (N-methyl/N-ethyl adjacent to an activating group) is 1. The quantitative estimate of drug-likeness (QED) is 0.570. The Bertz CT molecular complexity index is 1290. The lowest BCUT2D eigenvalue weighted by atomic mass is 9.75. The van der Waals surface area contributed by atoms with Gasteiger partial charge in [-0.3, -0.25) is 9.78 Å². The molecule has 2 aromatic carbocycles. The molecule has 0 saturated carbocycles. The highest BCUT2D eigenvalue weighted by molar-refractivity contribution is 9.10. The van der Waals surface area contributed by atoms with Gasteiger partial charge in [0.1, 0.15) is 11.2 Å². The highest BCUT2D eigenvalue weighted by Crippen LogP contribution is 2.50. The van der Waals surface area contributed by atoms with Crippen molar-refractivity contribution in [2.45, 2.75) is 10.3 Å². The van der Waals surface area contributed by atoms with E-state index in [-0.39, 0.29) is 28.4 Å². The van der Waals surface area contributed by atoms with Gasteiger partial charge in [-0.25, -0.2) is 12.8 Å². The maximum absolute atomic E-state index is 14.0. The monoisotopic (exact) mass is 475 g/mol. The maximum atomic E-state index is 14.0. The zero-order valence-corrected chi connectivity index (χ0v) is 17.7. The molecule has 0 aliphatic carbocycles. The third kappa shape index (κ3) is 2.44. The lowest BCUT2D eigenvalue weighted by molar-refractivity contribution is -0.126. The Morgan fingerprint density at radius 3 is 2.55 bits per heavy atom. The van der Waals surface area contributed by atoms with Crippen LogP contribution in [0.4, 0.5) is 10.1 Å². The minimum absolute atomic E-state index is 0.0362. The molecule has 0 N–H and O–H groups in total. The van der Waals surface area contributed by atoms with Gasteiger partial charge in [0.25, 0.3) is 0 Å². The summed E-state index contributed by atoms with van der Waals surface area (Å²) in [6.45, 7) is 0.0724. The van der Waals surface area contributed by atoms with E-state index in [1.54, 1.807) is 37.5 Å². The molecule has 148 valence electrons. The third-order valence-electron chi connectivity index (χ3n) is 5.72. The summed E-state index contributed by atoms with van der Waals surface area (Å²) in [5.41, 5.74) is 0.758. The second-order valence-electron chi connectivity index (χ2n) is 7.33. The van der Waals surface area contributed by atoms with Crippen LogP contribution < -0.4 is 4.90 Å². The third-order valence-corrected chi connectivity index (χ3v) is 8.13. The molecule has 3 heterocycles. The van der Waals surface area contributed by atoms with Crippen LogP contribution in [0.2, 0.25) is 0 Å². The van der Waals surface area contributed by atoms with Crippen LogP contribution in [0.3, 0.4) is 0 Å². The number of rotatable bonds is 2. The van der Waals surface area contributed by atoms with Gasteiger partial charge in [0, 0.05) is 37.2 Å². The molecular formula is C20H15BrFN3O3S. The lowest BCUT2D eigenvalue weighted by Crippen LogP contribution is -2.64.